The van der Waals surface area contributed by atoms with E-state index in [0.29, 0.717) is 13.2 Å². The Morgan fingerprint density at radius 1 is 0.202 bits per heavy atom. The molecular weight excluding hydrogens is 1100 g/mol. The fourth-order valence-corrected chi connectivity index (χ4v) is 12.5. The minimum Gasteiger partial charge on any atom is -0.494 e. The lowest BCUT2D eigenvalue weighted by Gasteiger charge is -2.26. The molecule has 0 aromatic heterocycles. The Balaban J connectivity index is 7.23. The predicted molar refractivity (Wildman–Crippen MR) is 390 cm³/mol. The van der Waals surface area contributed by atoms with Gasteiger partial charge in [0.2, 0.25) is 0 Å². The zero-order chi connectivity index (χ0) is 64.5. The van der Waals surface area contributed by atoms with E-state index in [2.05, 4.69) is 55.4 Å². The molecule has 0 saturated heterocycles. The second-order valence-corrected chi connectivity index (χ2v) is 27.5. The van der Waals surface area contributed by atoms with Crippen LogP contribution < -0.4 is 0 Å². The van der Waals surface area contributed by atoms with E-state index in [1.54, 1.807) is 0 Å². The first-order valence-corrected chi connectivity index (χ1v) is 40.9. The maximum Gasteiger partial charge on any atom is 0.162 e. The van der Waals surface area contributed by atoms with E-state index >= 15 is 0 Å². The average molecular weight is 1260 g/mol. The first-order chi connectivity index (χ1) is 44.1. The minimum atomic E-state index is -0.226. The van der Waals surface area contributed by atoms with E-state index in [0.717, 1.165) is 113 Å². The molecule has 0 radical (unpaired) electrons. The van der Waals surface area contributed by atoms with Crippen molar-refractivity contribution in [2.75, 3.05) is 40.0 Å². The Morgan fingerprint density at radius 3 is 0.629 bits per heavy atom. The molecule has 0 aliphatic rings. The molecular formula is C82H162O7. The van der Waals surface area contributed by atoms with E-state index < -0.39 is 0 Å². The number of ether oxygens (including phenoxy) is 7. The van der Waals surface area contributed by atoms with Gasteiger partial charge in [-0.2, -0.15) is 0 Å². The van der Waals surface area contributed by atoms with Crippen LogP contribution in [-0.4, -0.2) is 52.2 Å². The van der Waals surface area contributed by atoms with Crippen LogP contribution in [0.4, 0.5) is 0 Å². The summed E-state index contributed by atoms with van der Waals surface area (Å²) < 4.78 is 49.0. The predicted octanol–water partition coefficient (Wildman–Crippen LogP) is 28.5. The van der Waals surface area contributed by atoms with E-state index in [-0.39, 0.29) is 25.8 Å². The fraction of sp³-hybridized carbons (Fsp3) is 0.951. The smallest absolute Gasteiger partial charge is 0.162 e. The Hall–Kier alpha value is -1.44. The number of allylic oxidation sites excluding steroid dienone is 2. The molecule has 0 spiro atoms. The molecule has 7 nitrogen and oxygen atoms in total. The SMILES string of the molecule is CCCCCCCCCCC(OCCCCCCCCC)=C(OCCCCCCCCC)C(CCCCCCCCC)OCOCOC(CCCCCCCCC)C(OCCCCCCCCC)=C(CCCCCCCCCC)OCCCCCCCCC. The second-order valence-electron chi connectivity index (χ2n) is 27.5. The first kappa shape index (κ1) is 87.6. The minimum absolute atomic E-state index is 0.149. The number of unbranched alkanes of at least 4 members (excludes halogenated alkanes) is 50. The van der Waals surface area contributed by atoms with Crippen molar-refractivity contribution >= 4 is 0 Å². The molecule has 2 atom stereocenters. The van der Waals surface area contributed by atoms with Crippen molar-refractivity contribution in [3.05, 3.63) is 23.0 Å². The van der Waals surface area contributed by atoms with Crippen LogP contribution >= 0.6 is 0 Å². The zero-order valence-corrected chi connectivity index (χ0v) is 62.1. The monoisotopic (exact) mass is 1260 g/mol. The molecule has 532 valence electrons. The van der Waals surface area contributed by atoms with Crippen molar-refractivity contribution in [3.63, 3.8) is 0 Å². The Labute approximate surface area is 559 Å². The Morgan fingerprint density at radius 2 is 0.393 bits per heavy atom. The molecule has 0 fully saturated rings. The highest BCUT2D eigenvalue weighted by Gasteiger charge is 2.26. The molecule has 7 heteroatoms. The number of rotatable bonds is 78. The van der Waals surface area contributed by atoms with Crippen LogP contribution in [-0.2, 0) is 33.2 Å². The molecule has 2 unspecified atom stereocenters. The summed E-state index contributed by atoms with van der Waals surface area (Å²) in [7, 11) is 0. The molecule has 0 aliphatic heterocycles. The van der Waals surface area contributed by atoms with Crippen LogP contribution in [0.3, 0.4) is 0 Å². The molecule has 0 bridgehead atoms. The third kappa shape index (κ3) is 61.2. The average Bonchev–Trinajstić information content (AvgIpc) is 3.61. The van der Waals surface area contributed by atoms with E-state index in [1.165, 1.54) is 321 Å². The van der Waals surface area contributed by atoms with Crippen molar-refractivity contribution in [1.29, 1.82) is 0 Å². The maximum absolute atomic E-state index is 7.11. The summed E-state index contributed by atoms with van der Waals surface area (Å²) in [5.74, 6) is 4.03. The molecule has 0 aliphatic carbocycles. The highest BCUT2D eigenvalue weighted by atomic mass is 16.7. The number of hydrogen-bond donors (Lipinski definition) is 0. The summed E-state index contributed by atoms with van der Waals surface area (Å²) in [6.07, 6.45) is 77.1. The highest BCUT2D eigenvalue weighted by Crippen LogP contribution is 2.30. The van der Waals surface area contributed by atoms with Gasteiger partial charge in [0, 0.05) is 12.8 Å². The fourth-order valence-electron chi connectivity index (χ4n) is 12.5. The van der Waals surface area contributed by atoms with Gasteiger partial charge in [-0.1, -0.05) is 389 Å². The van der Waals surface area contributed by atoms with Crippen LogP contribution in [0.1, 0.15) is 453 Å². The molecule has 0 N–H and O–H groups in total. The molecule has 0 amide bonds. The molecule has 0 saturated carbocycles. The third-order valence-electron chi connectivity index (χ3n) is 18.6. The van der Waals surface area contributed by atoms with Gasteiger partial charge in [0.25, 0.3) is 0 Å². The lowest BCUT2D eigenvalue weighted by Crippen LogP contribution is -2.25. The molecule has 0 aromatic carbocycles. The van der Waals surface area contributed by atoms with Gasteiger partial charge >= 0.3 is 0 Å². The zero-order valence-electron chi connectivity index (χ0n) is 62.1. The summed E-state index contributed by atoms with van der Waals surface area (Å²) in [6.45, 7) is 21.7. The van der Waals surface area contributed by atoms with Crippen LogP contribution in [0.5, 0.6) is 0 Å². The van der Waals surface area contributed by atoms with E-state index in [9.17, 15) is 0 Å². The lowest BCUT2D eigenvalue weighted by atomic mass is 10.0. The summed E-state index contributed by atoms with van der Waals surface area (Å²) in [5, 5.41) is 0. The number of hydrogen-bond acceptors (Lipinski definition) is 7. The normalized spacial score (nSPS) is 13.0. The van der Waals surface area contributed by atoms with Crippen LogP contribution in [0.25, 0.3) is 0 Å². The van der Waals surface area contributed by atoms with Crippen molar-refractivity contribution in [1.82, 2.24) is 0 Å². The van der Waals surface area contributed by atoms with Crippen molar-refractivity contribution in [3.8, 4) is 0 Å². The van der Waals surface area contributed by atoms with Gasteiger partial charge in [-0.15, -0.1) is 0 Å². The summed E-state index contributed by atoms with van der Waals surface area (Å²) in [5.41, 5.74) is 0. The molecule has 0 aromatic rings. The van der Waals surface area contributed by atoms with E-state index in [1.807, 2.05) is 0 Å². The Bertz CT molecular complexity index is 1250. The molecule has 0 rings (SSSR count). The van der Waals surface area contributed by atoms with Crippen LogP contribution in [0, 0.1) is 0 Å². The Kier molecular flexibility index (Phi) is 74.4. The molecule has 89 heavy (non-hydrogen) atoms. The van der Waals surface area contributed by atoms with Crippen LogP contribution in [0.15, 0.2) is 23.0 Å². The van der Waals surface area contributed by atoms with Gasteiger partial charge in [0.05, 0.1) is 26.4 Å². The van der Waals surface area contributed by atoms with Gasteiger partial charge in [-0.25, -0.2) is 0 Å². The van der Waals surface area contributed by atoms with Gasteiger partial charge < -0.3 is 33.2 Å². The molecule has 0 heterocycles. The maximum atomic E-state index is 7.11. The second kappa shape index (κ2) is 75.6. The lowest BCUT2D eigenvalue weighted by molar-refractivity contribution is -0.167. The third-order valence-corrected chi connectivity index (χ3v) is 18.6. The van der Waals surface area contributed by atoms with Gasteiger partial charge in [-0.05, 0) is 51.4 Å². The van der Waals surface area contributed by atoms with Gasteiger partial charge in [0.1, 0.15) is 23.7 Å². The van der Waals surface area contributed by atoms with Gasteiger partial charge in [0.15, 0.2) is 25.1 Å². The largest absolute Gasteiger partial charge is 0.494 e. The van der Waals surface area contributed by atoms with Crippen molar-refractivity contribution in [2.24, 2.45) is 0 Å². The van der Waals surface area contributed by atoms with Crippen molar-refractivity contribution < 1.29 is 33.2 Å². The standard InChI is InChI=1S/C82H162O7/c1-9-17-25-33-41-45-53-59-67-77(84-71-63-55-47-37-29-21-13-5)81(86-73-65-57-49-39-31-23-15-7)79(69-61-51-43-35-27-19-11-3)88-75-83-76-89-80(70-62-52-44-36-28-20-12-4)82(87-74-66-58-50-40-32-24-16-8)78(68-60-54-46-42-34-26-18-10-2)85-72-64-56-48-38-30-22-14-6/h79-80H,9-76H2,1-8H3. The summed E-state index contributed by atoms with van der Waals surface area (Å²) >= 11 is 0. The highest BCUT2D eigenvalue weighted by molar-refractivity contribution is 5.09. The summed E-state index contributed by atoms with van der Waals surface area (Å²) in [6, 6.07) is 0. The topological polar surface area (TPSA) is 64.6 Å². The van der Waals surface area contributed by atoms with Gasteiger partial charge in [-0.3, -0.25) is 0 Å². The first-order valence-electron chi connectivity index (χ1n) is 40.9. The van der Waals surface area contributed by atoms with Crippen LogP contribution in [0.2, 0.25) is 0 Å². The van der Waals surface area contributed by atoms with E-state index in [4.69, 9.17) is 33.2 Å². The summed E-state index contributed by atoms with van der Waals surface area (Å²) in [4.78, 5) is 0. The van der Waals surface area contributed by atoms with Crippen molar-refractivity contribution in [2.45, 2.75) is 466 Å². The quantitative estimate of drug-likeness (QED) is 0.0341.